The summed E-state index contributed by atoms with van der Waals surface area (Å²) < 4.78 is 1.66. The highest BCUT2D eigenvalue weighted by atomic mass is 16.4. The van der Waals surface area contributed by atoms with Crippen molar-refractivity contribution in [2.24, 2.45) is 0 Å². The Labute approximate surface area is 98.7 Å². The average molecular weight is 231 g/mol. The molecule has 0 aliphatic heterocycles. The number of benzene rings is 1. The summed E-state index contributed by atoms with van der Waals surface area (Å²) in [6.07, 6.45) is 3.27. The molecule has 1 unspecified atom stereocenters. The first kappa shape index (κ1) is 11.3. The summed E-state index contributed by atoms with van der Waals surface area (Å²) in [7, 11) is 1.61. The van der Waals surface area contributed by atoms with Crippen LogP contribution in [0.25, 0.3) is 5.69 Å². The third-order valence-electron chi connectivity index (χ3n) is 2.49. The van der Waals surface area contributed by atoms with Crippen LogP contribution in [0.3, 0.4) is 0 Å². The van der Waals surface area contributed by atoms with Crippen molar-refractivity contribution in [1.82, 2.24) is 15.1 Å². The lowest BCUT2D eigenvalue weighted by Gasteiger charge is -2.07. The average Bonchev–Trinajstić information content (AvgIpc) is 2.80. The second-order valence-electron chi connectivity index (χ2n) is 3.61. The number of hydrogen-bond donors (Lipinski definition) is 2. The first-order valence-electron chi connectivity index (χ1n) is 5.22. The van der Waals surface area contributed by atoms with Crippen LogP contribution in [0.2, 0.25) is 0 Å². The molecule has 0 bridgehead atoms. The molecule has 0 amide bonds. The van der Waals surface area contributed by atoms with E-state index in [0.717, 1.165) is 5.69 Å². The molecule has 17 heavy (non-hydrogen) atoms. The summed E-state index contributed by atoms with van der Waals surface area (Å²) in [5.74, 6) is -0.917. The van der Waals surface area contributed by atoms with Gasteiger partial charge in [-0.2, -0.15) is 5.10 Å². The zero-order chi connectivity index (χ0) is 12.3. The summed E-state index contributed by atoms with van der Waals surface area (Å²) in [6.45, 7) is 0. The van der Waals surface area contributed by atoms with Gasteiger partial charge in [0.1, 0.15) is 6.04 Å². The van der Waals surface area contributed by atoms with E-state index >= 15 is 0 Å². The molecular formula is C12H13N3O2. The molecule has 1 atom stereocenters. The van der Waals surface area contributed by atoms with Gasteiger partial charge in [0.2, 0.25) is 0 Å². The van der Waals surface area contributed by atoms with Gasteiger partial charge in [-0.15, -0.1) is 0 Å². The molecule has 1 aromatic carbocycles. The molecule has 0 saturated heterocycles. The van der Waals surface area contributed by atoms with Gasteiger partial charge in [0.15, 0.2) is 0 Å². The Morgan fingerprint density at radius 3 is 2.71 bits per heavy atom. The molecule has 0 aliphatic carbocycles. The summed E-state index contributed by atoms with van der Waals surface area (Å²) in [4.78, 5) is 11.0. The molecule has 0 aliphatic rings. The van der Waals surface area contributed by atoms with Gasteiger partial charge in [0.05, 0.1) is 11.9 Å². The van der Waals surface area contributed by atoms with Gasteiger partial charge in [-0.1, -0.05) is 18.2 Å². The summed E-state index contributed by atoms with van der Waals surface area (Å²) in [5.41, 5.74) is 1.53. The number of carboxylic acids is 1. The van der Waals surface area contributed by atoms with Crippen molar-refractivity contribution in [3.8, 4) is 5.69 Å². The van der Waals surface area contributed by atoms with E-state index in [-0.39, 0.29) is 0 Å². The molecule has 5 nitrogen and oxygen atoms in total. The topological polar surface area (TPSA) is 67.2 Å². The van der Waals surface area contributed by atoms with Crippen LogP contribution in [0, 0.1) is 0 Å². The van der Waals surface area contributed by atoms with Crippen LogP contribution in [-0.4, -0.2) is 27.9 Å². The highest BCUT2D eigenvalue weighted by molar-refractivity contribution is 5.75. The third kappa shape index (κ3) is 2.34. The zero-order valence-electron chi connectivity index (χ0n) is 9.37. The van der Waals surface area contributed by atoms with Crippen molar-refractivity contribution in [2.45, 2.75) is 6.04 Å². The van der Waals surface area contributed by atoms with E-state index in [0.29, 0.717) is 5.56 Å². The number of hydrogen-bond acceptors (Lipinski definition) is 3. The van der Waals surface area contributed by atoms with Crippen molar-refractivity contribution in [2.75, 3.05) is 7.05 Å². The molecule has 2 aromatic rings. The van der Waals surface area contributed by atoms with Crippen LogP contribution < -0.4 is 5.32 Å². The number of rotatable bonds is 4. The van der Waals surface area contributed by atoms with Crippen molar-refractivity contribution in [3.05, 3.63) is 48.3 Å². The lowest BCUT2D eigenvalue weighted by atomic mass is 10.2. The molecule has 1 aromatic heterocycles. The molecule has 2 rings (SSSR count). The third-order valence-corrected chi connectivity index (χ3v) is 2.49. The first-order chi connectivity index (χ1) is 8.22. The standard InChI is InChI=1S/C12H13N3O2/c1-13-11(12(16)17)9-7-14-15(8-9)10-5-3-2-4-6-10/h2-8,11,13H,1H3,(H,16,17). The molecule has 2 N–H and O–H groups in total. The Morgan fingerprint density at radius 2 is 2.12 bits per heavy atom. The van der Waals surface area contributed by atoms with Crippen LogP contribution in [0.5, 0.6) is 0 Å². The SMILES string of the molecule is CNC(C(=O)O)c1cnn(-c2ccccc2)c1. The maximum atomic E-state index is 11.0. The van der Waals surface area contributed by atoms with E-state index in [9.17, 15) is 4.79 Å². The zero-order valence-corrected chi connectivity index (χ0v) is 9.37. The molecule has 0 radical (unpaired) electrons. The van der Waals surface area contributed by atoms with Crippen molar-refractivity contribution in [3.63, 3.8) is 0 Å². The number of nitrogens with one attached hydrogen (secondary N) is 1. The van der Waals surface area contributed by atoms with Gasteiger partial charge in [-0.25, -0.2) is 4.68 Å². The predicted molar refractivity (Wildman–Crippen MR) is 63.0 cm³/mol. The van der Waals surface area contributed by atoms with Crippen LogP contribution in [0.15, 0.2) is 42.7 Å². The minimum absolute atomic E-state index is 0.629. The van der Waals surface area contributed by atoms with E-state index in [1.807, 2.05) is 30.3 Å². The number of likely N-dealkylation sites (N-methyl/N-ethyl adjacent to an activating group) is 1. The van der Waals surface area contributed by atoms with Crippen LogP contribution >= 0.6 is 0 Å². The predicted octanol–water partition coefficient (Wildman–Crippen LogP) is 1.22. The Balaban J connectivity index is 2.30. The quantitative estimate of drug-likeness (QED) is 0.830. The van der Waals surface area contributed by atoms with Crippen molar-refractivity contribution < 1.29 is 9.90 Å². The minimum Gasteiger partial charge on any atom is -0.480 e. The summed E-state index contributed by atoms with van der Waals surface area (Å²) in [6, 6.07) is 8.82. The lowest BCUT2D eigenvalue weighted by Crippen LogP contribution is -2.24. The number of para-hydroxylation sites is 1. The van der Waals surface area contributed by atoms with Gasteiger partial charge in [-0.3, -0.25) is 4.79 Å². The van der Waals surface area contributed by atoms with E-state index in [2.05, 4.69) is 10.4 Å². The van der Waals surface area contributed by atoms with E-state index in [1.54, 1.807) is 24.1 Å². The fourth-order valence-corrected chi connectivity index (χ4v) is 1.64. The number of carboxylic acid groups (broad SMARTS) is 1. The molecule has 1 heterocycles. The highest BCUT2D eigenvalue weighted by Crippen LogP contribution is 2.14. The number of carbonyl (C=O) groups is 1. The fourth-order valence-electron chi connectivity index (χ4n) is 1.64. The maximum Gasteiger partial charge on any atom is 0.325 e. The van der Waals surface area contributed by atoms with Crippen LogP contribution in [-0.2, 0) is 4.79 Å². The molecule has 88 valence electrons. The second kappa shape index (κ2) is 4.80. The Morgan fingerprint density at radius 1 is 1.41 bits per heavy atom. The van der Waals surface area contributed by atoms with Gasteiger partial charge in [-0.05, 0) is 19.2 Å². The monoisotopic (exact) mass is 231 g/mol. The van der Waals surface area contributed by atoms with Crippen LogP contribution in [0.1, 0.15) is 11.6 Å². The molecular weight excluding hydrogens is 218 g/mol. The highest BCUT2D eigenvalue weighted by Gasteiger charge is 2.19. The Bertz CT molecular complexity index is 507. The van der Waals surface area contributed by atoms with Crippen molar-refractivity contribution in [1.29, 1.82) is 0 Å². The Hall–Kier alpha value is -2.14. The smallest absolute Gasteiger partial charge is 0.325 e. The van der Waals surface area contributed by atoms with Gasteiger partial charge in [0.25, 0.3) is 0 Å². The largest absolute Gasteiger partial charge is 0.480 e. The molecule has 0 saturated carbocycles. The number of nitrogens with zero attached hydrogens (tertiary/aromatic N) is 2. The normalized spacial score (nSPS) is 12.3. The van der Waals surface area contributed by atoms with E-state index in [1.165, 1.54) is 0 Å². The number of aliphatic carboxylic acids is 1. The Kier molecular flexibility index (Phi) is 3.20. The van der Waals surface area contributed by atoms with E-state index < -0.39 is 12.0 Å². The van der Waals surface area contributed by atoms with Gasteiger partial charge < -0.3 is 10.4 Å². The first-order valence-corrected chi connectivity index (χ1v) is 5.22. The molecule has 0 spiro atoms. The van der Waals surface area contributed by atoms with Gasteiger partial charge >= 0.3 is 5.97 Å². The van der Waals surface area contributed by atoms with Gasteiger partial charge in [0, 0.05) is 11.8 Å². The van der Waals surface area contributed by atoms with Crippen molar-refractivity contribution >= 4 is 5.97 Å². The number of aromatic nitrogens is 2. The molecule has 0 fully saturated rings. The summed E-state index contributed by atoms with van der Waals surface area (Å²) in [5, 5.41) is 15.9. The summed E-state index contributed by atoms with van der Waals surface area (Å²) >= 11 is 0. The molecule has 5 heteroatoms. The maximum absolute atomic E-state index is 11.0. The fraction of sp³-hybridized carbons (Fsp3) is 0.167. The van der Waals surface area contributed by atoms with E-state index in [4.69, 9.17) is 5.11 Å². The second-order valence-corrected chi connectivity index (χ2v) is 3.61. The van der Waals surface area contributed by atoms with Crippen LogP contribution in [0.4, 0.5) is 0 Å². The minimum atomic E-state index is -0.917. The lowest BCUT2D eigenvalue weighted by molar-refractivity contribution is -0.139.